The molecule has 0 amide bonds. The molecule has 0 radical (unpaired) electrons. The van der Waals surface area contributed by atoms with Crippen molar-refractivity contribution in [3.05, 3.63) is 36.6 Å². The smallest absolute Gasteiger partial charge is 0.148 e. The number of nitrogens with zero attached hydrogens (tertiary/aromatic N) is 4. The van der Waals surface area contributed by atoms with Crippen LogP contribution in [0.25, 0.3) is 0 Å². The molecule has 82 valence electrons. The molecule has 2 heterocycles. The summed E-state index contributed by atoms with van der Waals surface area (Å²) >= 11 is 0. The first kappa shape index (κ1) is 10.6. The van der Waals surface area contributed by atoms with Crippen LogP contribution in [-0.2, 0) is 5.60 Å². The molecule has 5 nitrogen and oxygen atoms in total. The number of aliphatic imine (C=N–C) groups is 2. The lowest BCUT2D eigenvalue weighted by Gasteiger charge is -2.21. The van der Waals surface area contributed by atoms with Gasteiger partial charge in [0.05, 0.1) is 30.4 Å². The van der Waals surface area contributed by atoms with Crippen LogP contribution in [0.5, 0.6) is 0 Å². The molecule has 1 N–H and O–H groups in total. The maximum atomic E-state index is 10.4. The third kappa shape index (κ3) is 2.04. The zero-order chi connectivity index (χ0) is 11.4. The largest absolute Gasteiger partial charge is 0.377 e. The van der Waals surface area contributed by atoms with Crippen molar-refractivity contribution >= 4 is 11.9 Å². The first-order chi connectivity index (χ1) is 7.71. The van der Waals surface area contributed by atoms with E-state index >= 15 is 0 Å². The highest BCUT2D eigenvalue weighted by Crippen LogP contribution is 2.19. The lowest BCUT2D eigenvalue weighted by molar-refractivity contribution is 0.130. The lowest BCUT2D eigenvalue weighted by Crippen LogP contribution is -2.34. The van der Waals surface area contributed by atoms with Gasteiger partial charge in [-0.15, -0.1) is 0 Å². The van der Waals surface area contributed by atoms with Gasteiger partial charge in [0, 0.05) is 18.6 Å². The van der Waals surface area contributed by atoms with Crippen molar-refractivity contribution in [3.63, 3.8) is 0 Å². The van der Waals surface area contributed by atoms with Gasteiger partial charge >= 0.3 is 0 Å². The van der Waals surface area contributed by atoms with Crippen molar-refractivity contribution < 1.29 is 5.11 Å². The molecule has 0 saturated carbocycles. The first-order valence-corrected chi connectivity index (χ1v) is 4.93. The van der Waals surface area contributed by atoms with Gasteiger partial charge in [-0.05, 0) is 13.0 Å². The topological polar surface area (TPSA) is 70.7 Å². The van der Waals surface area contributed by atoms with Gasteiger partial charge in [0.25, 0.3) is 0 Å². The van der Waals surface area contributed by atoms with E-state index in [-0.39, 0.29) is 0 Å². The molecule has 5 heteroatoms. The number of aliphatic hydroxyl groups is 1. The van der Waals surface area contributed by atoms with E-state index in [9.17, 15) is 5.11 Å². The van der Waals surface area contributed by atoms with Gasteiger partial charge in [-0.3, -0.25) is 20.0 Å². The Morgan fingerprint density at radius 1 is 1.38 bits per heavy atom. The molecule has 0 aromatic carbocycles. The van der Waals surface area contributed by atoms with Crippen LogP contribution < -0.4 is 0 Å². The zero-order valence-corrected chi connectivity index (χ0v) is 8.91. The Balaban J connectivity index is 2.36. The third-order valence-electron chi connectivity index (χ3n) is 2.32. The van der Waals surface area contributed by atoms with E-state index in [1.165, 1.54) is 18.6 Å². The minimum absolute atomic E-state index is 0.460. The summed E-state index contributed by atoms with van der Waals surface area (Å²) in [5, 5.41) is 10.4. The van der Waals surface area contributed by atoms with Crippen LogP contribution in [0, 0.1) is 0 Å². The fourth-order valence-electron chi connectivity index (χ4n) is 1.37. The van der Waals surface area contributed by atoms with E-state index in [1.807, 2.05) is 6.08 Å². The van der Waals surface area contributed by atoms with Crippen molar-refractivity contribution in [3.8, 4) is 0 Å². The van der Waals surface area contributed by atoms with Gasteiger partial charge in [0.1, 0.15) is 5.60 Å². The van der Waals surface area contributed by atoms with Crippen LogP contribution >= 0.6 is 0 Å². The van der Waals surface area contributed by atoms with Crippen LogP contribution in [0.15, 0.2) is 40.9 Å². The molecule has 0 aliphatic carbocycles. The quantitative estimate of drug-likeness (QED) is 0.792. The number of hydrogen-bond acceptors (Lipinski definition) is 5. The highest BCUT2D eigenvalue weighted by molar-refractivity contribution is 6.34. The monoisotopic (exact) mass is 216 g/mol. The van der Waals surface area contributed by atoms with E-state index in [2.05, 4.69) is 20.0 Å². The Morgan fingerprint density at radius 3 is 3.00 bits per heavy atom. The molecule has 16 heavy (non-hydrogen) atoms. The van der Waals surface area contributed by atoms with E-state index in [0.717, 1.165) is 0 Å². The summed E-state index contributed by atoms with van der Waals surface area (Å²) in [5.41, 5.74) is -0.316. The summed E-state index contributed by atoms with van der Waals surface area (Å²) in [5.74, 6) is 0. The molecule has 0 bridgehead atoms. The molecule has 1 aliphatic heterocycles. The zero-order valence-electron chi connectivity index (χ0n) is 8.91. The maximum absolute atomic E-state index is 10.4. The molecule has 2 rings (SSSR count). The van der Waals surface area contributed by atoms with Gasteiger partial charge in [-0.25, -0.2) is 0 Å². The molecule has 1 atom stereocenters. The first-order valence-electron chi connectivity index (χ1n) is 4.93. The molecule has 0 saturated heterocycles. The molecule has 1 unspecified atom stereocenters. The Morgan fingerprint density at radius 2 is 2.25 bits per heavy atom. The van der Waals surface area contributed by atoms with E-state index in [0.29, 0.717) is 18.0 Å². The number of rotatable bonds is 2. The highest BCUT2D eigenvalue weighted by atomic mass is 16.3. The van der Waals surface area contributed by atoms with Crippen molar-refractivity contribution in [2.24, 2.45) is 9.98 Å². The summed E-state index contributed by atoms with van der Waals surface area (Å²) in [6.45, 7) is 2.14. The van der Waals surface area contributed by atoms with Gasteiger partial charge in [-0.2, -0.15) is 0 Å². The van der Waals surface area contributed by atoms with Gasteiger partial charge in [0.2, 0.25) is 0 Å². The Hall–Kier alpha value is -1.88. The molecular formula is C11H12N4O. The summed E-state index contributed by atoms with van der Waals surface area (Å²) in [6, 6.07) is 0. The van der Waals surface area contributed by atoms with Gasteiger partial charge < -0.3 is 5.11 Å². The van der Waals surface area contributed by atoms with Crippen LogP contribution in [-0.4, -0.2) is 33.5 Å². The Bertz CT molecular complexity index is 448. The summed E-state index contributed by atoms with van der Waals surface area (Å²) in [4.78, 5) is 16.2. The van der Waals surface area contributed by atoms with Crippen molar-refractivity contribution in [2.45, 2.75) is 12.5 Å². The summed E-state index contributed by atoms with van der Waals surface area (Å²) < 4.78 is 0. The van der Waals surface area contributed by atoms with Crippen molar-refractivity contribution in [1.82, 2.24) is 9.97 Å². The maximum Gasteiger partial charge on any atom is 0.148 e. The molecule has 1 aromatic heterocycles. The summed E-state index contributed by atoms with van der Waals surface area (Å²) in [6.07, 6.45) is 9.63. The van der Waals surface area contributed by atoms with Gasteiger partial charge in [-0.1, -0.05) is 0 Å². The predicted molar refractivity (Wildman–Crippen MR) is 61.5 cm³/mol. The third-order valence-corrected chi connectivity index (χ3v) is 2.32. The minimum Gasteiger partial charge on any atom is -0.377 e. The minimum atomic E-state index is -1.26. The lowest BCUT2D eigenvalue weighted by atomic mass is 9.97. The standard InChI is InChI=1S/C11H12N4O/c1-11(16,10-8-13-5-6-15-10)9-7-12-3-2-4-14-9/h2-3,5-8,16H,4H2,1H3. The van der Waals surface area contributed by atoms with E-state index < -0.39 is 5.60 Å². The Labute approximate surface area is 93.3 Å². The van der Waals surface area contributed by atoms with Crippen molar-refractivity contribution in [1.29, 1.82) is 0 Å². The van der Waals surface area contributed by atoms with E-state index in [4.69, 9.17) is 0 Å². The fraction of sp³-hybridized carbons (Fsp3) is 0.273. The second kappa shape index (κ2) is 4.32. The summed E-state index contributed by atoms with van der Waals surface area (Å²) in [7, 11) is 0. The molecule has 0 spiro atoms. The normalized spacial score (nSPS) is 18.8. The fourth-order valence-corrected chi connectivity index (χ4v) is 1.37. The average Bonchev–Trinajstić information content (AvgIpc) is 2.59. The van der Waals surface area contributed by atoms with Crippen LogP contribution in [0.4, 0.5) is 0 Å². The van der Waals surface area contributed by atoms with E-state index in [1.54, 1.807) is 19.3 Å². The number of hydrogen-bond donors (Lipinski definition) is 1. The van der Waals surface area contributed by atoms with Crippen molar-refractivity contribution in [2.75, 3.05) is 6.54 Å². The molecular weight excluding hydrogens is 204 g/mol. The predicted octanol–water partition coefficient (Wildman–Crippen LogP) is 0.723. The second-order valence-corrected chi connectivity index (χ2v) is 3.55. The highest BCUT2D eigenvalue weighted by Gasteiger charge is 2.30. The Kier molecular flexibility index (Phi) is 2.87. The average molecular weight is 216 g/mol. The SMILES string of the molecule is CC(O)(C1=NCC=CN=C1)c1cnccn1. The van der Waals surface area contributed by atoms with Crippen LogP contribution in [0.1, 0.15) is 12.6 Å². The molecule has 1 aliphatic rings. The van der Waals surface area contributed by atoms with Gasteiger partial charge in [0.15, 0.2) is 0 Å². The number of aromatic nitrogens is 2. The van der Waals surface area contributed by atoms with Crippen LogP contribution in [0.3, 0.4) is 0 Å². The second-order valence-electron chi connectivity index (χ2n) is 3.55. The molecule has 0 fully saturated rings. The van der Waals surface area contributed by atoms with Crippen LogP contribution in [0.2, 0.25) is 0 Å². The molecule has 1 aromatic rings.